The molecule has 0 saturated heterocycles. The molecule has 2 aromatic carbocycles. The number of fused-ring (bicyclic) bond motifs is 1. The standard InChI is InChI=1S/C20H18F3N3O3S/c1-3-6-20(7-8-20)30(27,28)26-18-16(25-13-5-4-11(2)9-12(13)21)14(22)15(23)17-19(18)29-10-24-17/h3-5,9-10,25-26H,1,6-8H2,2H3. The van der Waals surface area contributed by atoms with E-state index in [0.717, 1.165) is 6.39 Å². The number of hydrogen-bond acceptors (Lipinski definition) is 5. The summed E-state index contributed by atoms with van der Waals surface area (Å²) in [4.78, 5) is 3.63. The molecular formula is C20H18F3N3O3S. The number of nitrogens with one attached hydrogen (secondary N) is 2. The fraction of sp³-hybridized carbons (Fsp3) is 0.250. The molecule has 0 atom stereocenters. The molecule has 158 valence electrons. The molecule has 1 aromatic heterocycles. The maximum absolute atomic E-state index is 14.9. The summed E-state index contributed by atoms with van der Waals surface area (Å²) < 4.78 is 76.2. The number of aromatic nitrogens is 1. The van der Waals surface area contributed by atoms with E-state index in [4.69, 9.17) is 4.42 Å². The van der Waals surface area contributed by atoms with Crippen molar-refractivity contribution in [1.29, 1.82) is 0 Å². The lowest BCUT2D eigenvalue weighted by atomic mass is 10.2. The largest absolute Gasteiger partial charge is 0.441 e. The first-order valence-electron chi connectivity index (χ1n) is 9.10. The van der Waals surface area contributed by atoms with Gasteiger partial charge in [-0.2, -0.15) is 0 Å². The van der Waals surface area contributed by atoms with Crippen LogP contribution in [-0.4, -0.2) is 18.1 Å². The summed E-state index contributed by atoms with van der Waals surface area (Å²) in [6, 6.07) is 4.11. The second-order valence-corrected chi connectivity index (χ2v) is 9.37. The van der Waals surface area contributed by atoms with Gasteiger partial charge in [-0.05, 0) is 43.9 Å². The number of aryl methyl sites for hydroxylation is 1. The Labute approximate surface area is 170 Å². The van der Waals surface area contributed by atoms with Crippen LogP contribution in [0.3, 0.4) is 0 Å². The molecule has 4 rings (SSSR count). The molecule has 3 aromatic rings. The smallest absolute Gasteiger partial charge is 0.238 e. The Morgan fingerprint density at radius 2 is 1.97 bits per heavy atom. The van der Waals surface area contributed by atoms with E-state index in [1.807, 2.05) is 0 Å². The van der Waals surface area contributed by atoms with Crippen molar-refractivity contribution in [3.63, 3.8) is 0 Å². The zero-order chi connectivity index (χ0) is 21.7. The van der Waals surface area contributed by atoms with Crippen LogP contribution in [0.5, 0.6) is 0 Å². The molecule has 0 aliphatic heterocycles. The van der Waals surface area contributed by atoms with E-state index in [1.165, 1.54) is 18.2 Å². The third kappa shape index (κ3) is 3.20. The van der Waals surface area contributed by atoms with Crippen LogP contribution < -0.4 is 10.0 Å². The number of allylic oxidation sites excluding steroid dienone is 1. The minimum Gasteiger partial charge on any atom is -0.441 e. The summed E-state index contributed by atoms with van der Waals surface area (Å²) >= 11 is 0. The fourth-order valence-electron chi connectivity index (χ4n) is 3.32. The number of halogens is 3. The molecule has 6 nitrogen and oxygen atoms in total. The average molecular weight is 437 g/mol. The molecule has 0 amide bonds. The van der Waals surface area contributed by atoms with Crippen molar-refractivity contribution in [2.75, 3.05) is 10.0 Å². The topological polar surface area (TPSA) is 84.2 Å². The molecular weight excluding hydrogens is 419 g/mol. The zero-order valence-electron chi connectivity index (χ0n) is 15.9. The van der Waals surface area contributed by atoms with E-state index in [1.54, 1.807) is 13.0 Å². The van der Waals surface area contributed by atoms with Crippen LogP contribution in [0.1, 0.15) is 24.8 Å². The van der Waals surface area contributed by atoms with Crippen molar-refractivity contribution in [1.82, 2.24) is 4.98 Å². The van der Waals surface area contributed by atoms with E-state index in [2.05, 4.69) is 21.6 Å². The maximum atomic E-state index is 14.9. The van der Waals surface area contributed by atoms with Crippen molar-refractivity contribution in [2.45, 2.75) is 30.9 Å². The number of benzene rings is 2. The van der Waals surface area contributed by atoms with Gasteiger partial charge in [0.15, 0.2) is 29.1 Å². The van der Waals surface area contributed by atoms with Gasteiger partial charge in [-0.15, -0.1) is 6.58 Å². The SMILES string of the molecule is C=CCC1(S(=O)(=O)Nc2c(Nc3ccc(C)cc3F)c(F)c(F)c3ncoc23)CC1. The quantitative estimate of drug-likeness (QED) is 0.500. The average Bonchev–Trinajstić information content (AvgIpc) is 3.32. The molecule has 1 aliphatic rings. The lowest BCUT2D eigenvalue weighted by Gasteiger charge is -2.20. The first-order valence-corrected chi connectivity index (χ1v) is 10.6. The van der Waals surface area contributed by atoms with Crippen molar-refractivity contribution in [3.8, 4) is 0 Å². The van der Waals surface area contributed by atoms with Crippen LogP contribution in [0.15, 0.2) is 41.7 Å². The summed E-state index contributed by atoms with van der Waals surface area (Å²) in [5.74, 6) is -3.47. The van der Waals surface area contributed by atoms with E-state index >= 15 is 0 Å². The maximum Gasteiger partial charge on any atom is 0.238 e. The predicted octanol–water partition coefficient (Wildman–Crippen LogP) is 5.15. The van der Waals surface area contributed by atoms with Gasteiger partial charge in [0.25, 0.3) is 0 Å². The molecule has 30 heavy (non-hydrogen) atoms. The minimum atomic E-state index is -4.03. The highest BCUT2D eigenvalue weighted by Gasteiger charge is 2.54. The number of oxazole rings is 1. The molecule has 10 heteroatoms. The third-order valence-electron chi connectivity index (χ3n) is 5.18. The van der Waals surface area contributed by atoms with Gasteiger partial charge in [0.1, 0.15) is 17.2 Å². The van der Waals surface area contributed by atoms with Crippen molar-refractivity contribution < 1.29 is 26.0 Å². The zero-order valence-corrected chi connectivity index (χ0v) is 16.7. The van der Waals surface area contributed by atoms with Gasteiger partial charge in [0.05, 0.1) is 10.4 Å². The van der Waals surface area contributed by atoms with Crippen LogP contribution in [0.2, 0.25) is 0 Å². The van der Waals surface area contributed by atoms with E-state index in [9.17, 15) is 21.6 Å². The molecule has 0 spiro atoms. The Kier molecular flexibility index (Phi) is 4.76. The second-order valence-electron chi connectivity index (χ2n) is 7.30. The minimum absolute atomic E-state index is 0.162. The van der Waals surface area contributed by atoms with Crippen molar-refractivity contribution in [2.24, 2.45) is 0 Å². The molecule has 2 N–H and O–H groups in total. The van der Waals surface area contributed by atoms with Gasteiger partial charge in [-0.3, -0.25) is 4.72 Å². The highest BCUT2D eigenvalue weighted by Crippen LogP contribution is 2.49. The number of sulfonamides is 1. The highest BCUT2D eigenvalue weighted by molar-refractivity contribution is 7.94. The van der Waals surface area contributed by atoms with Gasteiger partial charge in [-0.25, -0.2) is 26.6 Å². The van der Waals surface area contributed by atoms with Gasteiger partial charge in [-0.1, -0.05) is 12.1 Å². The number of rotatable bonds is 7. The predicted molar refractivity (Wildman–Crippen MR) is 108 cm³/mol. The number of nitrogens with zero attached hydrogens (tertiary/aromatic N) is 1. The van der Waals surface area contributed by atoms with Crippen LogP contribution in [-0.2, 0) is 10.0 Å². The normalized spacial score (nSPS) is 15.2. The molecule has 1 aliphatic carbocycles. The summed E-state index contributed by atoms with van der Waals surface area (Å²) in [7, 11) is -4.03. The molecule has 0 bridgehead atoms. The first kappa shape index (κ1) is 20.3. The van der Waals surface area contributed by atoms with Crippen LogP contribution in [0.25, 0.3) is 11.1 Å². The van der Waals surface area contributed by atoms with Crippen LogP contribution in [0, 0.1) is 24.4 Å². The molecule has 1 fully saturated rings. The Balaban J connectivity index is 1.87. The van der Waals surface area contributed by atoms with Gasteiger partial charge >= 0.3 is 0 Å². The van der Waals surface area contributed by atoms with E-state index in [-0.39, 0.29) is 23.4 Å². The van der Waals surface area contributed by atoms with E-state index < -0.39 is 43.4 Å². The third-order valence-corrected chi connectivity index (χ3v) is 7.37. The van der Waals surface area contributed by atoms with Crippen LogP contribution >= 0.6 is 0 Å². The molecule has 0 radical (unpaired) electrons. The van der Waals surface area contributed by atoms with Crippen LogP contribution in [0.4, 0.5) is 30.2 Å². The molecule has 1 heterocycles. The van der Waals surface area contributed by atoms with Crippen molar-refractivity contribution >= 4 is 38.2 Å². The molecule has 0 unspecified atom stereocenters. The second kappa shape index (κ2) is 7.05. The summed E-state index contributed by atoms with van der Waals surface area (Å²) in [6.07, 6.45) is 3.35. The fourth-order valence-corrected chi connectivity index (χ4v) is 4.97. The first-order chi connectivity index (χ1) is 14.2. The lowest BCUT2D eigenvalue weighted by Crippen LogP contribution is -2.29. The molecule has 1 saturated carbocycles. The van der Waals surface area contributed by atoms with E-state index in [0.29, 0.717) is 18.4 Å². The Morgan fingerprint density at radius 1 is 1.23 bits per heavy atom. The Hall–Kier alpha value is -3.01. The lowest BCUT2D eigenvalue weighted by molar-refractivity contribution is 0.518. The van der Waals surface area contributed by atoms with Crippen molar-refractivity contribution in [3.05, 3.63) is 60.3 Å². The summed E-state index contributed by atoms with van der Waals surface area (Å²) in [5.41, 5.74) is -1.30. The monoisotopic (exact) mass is 437 g/mol. The highest BCUT2D eigenvalue weighted by atomic mass is 32.2. The Morgan fingerprint density at radius 3 is 2.60 bits per heavy atom. The number of hydrogen-bond donors (Lipinski definition) is 2. The summed E-state index contributed by atoms with van der Waals surface area (Å²) in [6.45, 7) is 5.25. The number of anilines is 3. The summed E-state index contributed by atoms with van der Waals surface area (Å²) in [5, 5.41) is 2.46. The van der Waals surface area contributed by atoms with Gasteiger partial charge in [0.2, 0.25) is 10.0 Å². The van der Waals surface area contributed by atoms with Gasteiger partial charge in [0, 0.05) is 0 Å². The van der Waals surface area contributed by atoms with Gasteiger partial charge < -0.3 is 9.73 Å². The Bertz CT molecular complexity index is 1270.